The van der Waals surface area contributed by atoms with E-state index in [1.165, 1.54) is 6.92 Å². The highest BCUT2D eigenvalue weighted by Crippen LogP contribution is 2.76. The first-order chi connectivity index (χ1) is 12.0. The predicted octanol–water partition coefficient (Wildman–Crippen LogP) is 4.05. The van der Waals surface area contributed by atoms with Gasteiger partial charge in [-0.05, 0) is 38.6 Å². The summed E-state index contributed by atoms with van der Waals surface area (Å²) in [6.45, 7) is 7.50. The quantitative estimate of drug-likeness (QED) is 0.333. The first kappa shape index (κ1) is 24.3. The van der Waals surface area contributed by atoms with E-state index in [0.717, 1.165) is 38.5 Å². The molecular formula is C17H37NO6P2. The fourth-order valence-electron chi connectivity index (χ4n) is 5.39. The van der Waals surface area contributed by atoms with Crippen molar-refractivity contribution in [2.24, 2.45) is 0 Å². The van der Waals surface area contributed by atoms with Crippen LogP contribution in [0.2, 0.25) is 0 Å². The van der Waals surface area contributed by atoms with E-state index in [4.69, 9.17) is 0 Å². The summed E-state index contributed by atoms with van der Waals surface area (Å²) in [6.07, 6.45) is 6.42. The smallest absolute Gasteiger partial charge is 0.324 e. The Morgan fingerprint density at radius 1 is 0.808 bits per heavy atom. The Labute approximate surface area is 157 Å². The van der Waals surface area contributed by atoms with Gasteiger partial charge in [-0.1, -0.05) is 53.4 Å². The molecular weight excluding hydrogens is 376 g/mol. The molecule has 0 unspecified atom stereocenters. The van der Waals surface area contributed by atoms with E-state index in [1.807, 2.05) is 11.8 Å². The van der Waals surface area contributed by atoms with Crippen molar-refractivity contribution in [3.05, 3.63) is 0 Å². The zero-order valence-electron chi connectivity index (χ0n) is 16.6. The average Bonchev–Trinajstić information content (AvgIpc) is 2.81. The van der Waals surface area contributed by atoms with Gasteiger partial charge in [0.1, 0.15) is 0 Å². The molecule has 0 radical (unpaired) electrons. The average molecular weight is 413 g/mol. The third kappa shape index (κ3) is 4.00. The highest BCUT2D eigenvalue weighted by molar-refractivity contribution is 7.72. The van der Waals surface area contributed by atoms with Crippen molar-refractivity contribution in [1.82, 2.24) is 4.90 Å². The van der Waals surface area contributed by atoms with Crippen LogP contribution in [-0.4, -0.2) is 47.5 Å². The van der Waals surface area contributed by atoms with Gasteiger partial charge >= 0.3 is 15.2 Å². The molecule has 1 aliphatic rings. The lowest BCUT2D eigenvalue weighted by atomic mass is 9.82. The summed E-state index contributed by atoms with van der Waals surface area (Å²) in [6, 6.07) is 0.0893. The largest absolute Gasteiger partial charge is 0.345 e. The molecule has 9 heteroatoms. The highest BCUT2D eigenvalue weighted by Gasteiger charge is 2.71. The zero-order valence-corrected chi connectivity index (χ0v) is 18.4. The molecule has 7 nitrogen and oxygen atoms in total. The molecule has 0 aromatic carbocycles. The van der Waals surface area contributed by atoms with Crippen LogP contribution in [0, 0.1) is 0 Å². The van der Waals surface area contributed by atoms with E-state index in [9.17, 15) is 28.7 Å². The lowest BCUT2D eigenvalue weighted by Gasteiger charge is -2.57. The number of hydrogen-bond acceptors (Lipinski definition) is 3. The fourth-order valence-corrected chi connectivity index (χ4v) is 9.54. The number of hydrogen-bond donors (Lipinski definition) is 4. The number of nitrogens with zero attached hydrogens (tertiary/aromatic N) is 1. The summed E-state index contributed by atoms with van der Waals surface area (Å²) in [5.74, 6) is 0. The Morgan fingerprint density at radius 2 is 1.23 bits per heavy atom. The van der Waals surface area contributed by atoms with E-state index in [0.29, 0.717) is 6.54 Å². The molecule has 0 saturated heterocycles. The minimum Gasteiger partial charge on any atom is -0.324 e. The van der Waals surface area contributed by atoms with Gasteiger partial charge < -0.3 is 19.6 Å². The molecule has 1 fully saturated rings. The SMILES string of the molecule is CCN(C1CCCCCC1)C(CC)(CC)C(CC)(P(=O)(O)O)P(=O)(O)O. The van der Waals surface area contributed by atoms with Crippen LogP contribution < -0.4 is 0 Å². The molecule has 0 aromatic rings. The van der Waals surface area contributed by atoms with Gasteiger partial charge in [-0.15, -0.1) is 0 Å². The molecule has 4 N–H and O–H groups in total. The standard InChI is InChI=1S/C17H37NO6P2/c1-5-16(6-2,17(7-3,25(19,20)21)26(22,23)24)18(8-4)15-13-11-9-10-12-14-15/h15H,5-14H2,1-4H3,(H2,19,20,21)(H2,22,23,24). The van der Waals surface area contributed by atoms with Crippen LogP contribution in [0.15, 0.2) is 0 Å². The zero-order chi connectivity index (χ0) is 20.2. The summed E-state index contributed by atoms with van der Waals surface area (Å²) >= 11 is 0. The summed E-state index contributed by atoms with van der Waals surface area (Å²) in [5, 5.41) is 0. The molecule has 26 heavy (non-hydrogen) atoms. The minimum atomic E-state index is -5.12. The van der Waals surface area contributed by atoms with Crippen molar-refractivity contribution in [2.75, 3.05) is 6.54 Å². The third-order valence-corrected chi connectivity index (χ3v) is 11.5. The lowest BCUT2D eigenvalue weighted by molar-refractivity contribution is 0.00535. The van der Waals surface area contributed by atoms with Gasteiger partial charge in [-0.25, -0.2) is 0 Å². The van der Waals surface area contributed by atoms with Crippen LogP contribution >= 0.6 is 15.2 Å². The van der Waals surface area contributed by atoms with E-state index in [2.05, 4.69) is 0 Å². The lowest BCUT2D eigenvalue weighted by Crippen LogP contribution is -2.65. The highest BCUT2D eigenvalue weighted by atomic mass is 31.2. The van der Waals surface area contributed by atoms with Crippen LogP contribution in [0.25, 0.3) is 0 Å². The maximum atomic E-state index is 12.6. The van der Waals surface area contributed by atoms with E-state index >= 15 is 0 Å². The van der Waals surface area contributed by atoms with Crippen LogP contribution in [-0.2, 0) is 9.13 Å². The maximum absolute atomic E-state index is 12.6. The Morgan fingerprint density at radius 3 is 1.50 bits per heavy atom. The summed E-state index contributed by atoms with van der Waals surface area (Å²) in [7, 11) is -10.2. The first-order valence-corrected chi connectivity index (χ1v) is 13.1. The van der Waals surface area contributed by atoms with Crippen molar-refractivity contribution < 1.29 is 28.7 Å². The molecule has 1 rings (SSSR count). The summed E-state index contributed by atoms with van der Waals surface area (Å²) < 4.78 is 25.3. The number of rotatable bonds is 9. The Bertz CT molecular complexity index is 509. The second-order valence-corrected chi connectivity index (χ2v) is 11.5. The van der Waals surface area contributed by atoms with Gasteiger partial charge in [-0.2, -0.15) is 0 Å². The molecule has 0 aromatic heterocycles. The van der Waals surface area contributed by atoms with Crippen LogP contribution in [0.1, 0.15) is 85.5 Å². The first-order valence-electron chi connectivity index (χ1n) is 9.87. The van der Waals surface area contributed by atoms with Gasteiger partial charge in [0.2, 0.25) is 0 Å². The van der Waals surface area contributed by atoms with Gasteiger partial charge in [0, 0.05) is 11.6 Å². The van der Waals surface area contributed by atoms with E-state index in [1.54, 1.807) is 13.8 Å². The van der Waals surface area contributed by atoms with Crippen molar-refractivity contribution in [2.45, 2.75) is 102 Å². The van der Waals surface area contributed by atoms with Gasteiger partial charge in [0.25, 0.3) is 0 Å². The van der Waals surface area contributed by atoms with Crippen molar-refractivity contribution in [3.8, 4) is 0 Å². The van der Waals surface area contributed by atoms with E-state index in [-0.39, 0.29) is 25.3 Å². The molecule has 0 spiro atoms. The van der Waals surface area contributed by atoms with Gasteiger partial charge in [-0.3, -0.25) is 14.0 Å². The summed E-state index contributed by atoms with van der Waals surface area (Å²) in [5.41, 5.74) is -1.26. The normalized spacial score (nSPS) is 19.0. The molecule has 0 bridgehead atoms. The monoisotopic (exact) mass is 413 g/mol. The Kier molecular flexibility index (Phi) is 8.57. The summed E-state index contributed by atoms with van der Waals surface area (Å²) in [4.78, 5) is 40.6. The fraction of sp³-hybridized carbons (Fsp3) is 1.00. The van der Waals surface area contributed by atoms with Crippen LogP contribution in [0.3, 0.4) is 0 Å². The van der Waals surface area contributed by atoms with Crippen molar-refractivity contribution in [3.63, 3.8) is 0 Å². The molecule has 0 aliphatic heterocycles. The van der Waals surface area contributed by atoms with Gasteiger partial charge in [0.15, 0.2) is 4.90 Å². The Balaban J connectivity index is 3.70. The third-order valence-electron chi connectivity index (χ3n) is 6.53. The minimum absolute atomic E-state index is 0.0893. The Hall–Kier alpha value is 0.260. The topological polar surface area (TPSA) is 118 Å². The maximum Gasteiger partial charge on any atom is 0.345 e. The molecule has 1 aliphatic carbocycles. The second-order valence-electron chi connectivity index (χ2n) is 7.43. The van der Waals surface area contributed by atoms with E-state index < -0.39 is 25.6 Å². The molecule has 1 saturated carbocycles. The second kappa shape index (κ2) is 9.17. The van der Waals surface area contributed by atoms with Crippen LogP contribution in [0.5, 0.6) is 0 Å². The molecule has 0 amide bonds. The van der Waals surface area contributed by atoms with Crippen LogP contribution in [0.4, 0.5) is 0 Å². The predicted molar refractivity (Wildman–Crippen MR) is 104 cm³/mol. The van der Waals surface area contributed by atoms with Gasteiger partial charge in [0.05, 0.1) is 0 Å². The molecule has 0 heterocycles. The molecule has 156 valence electrons. The molecule has 0 atom stereocenters. The van der Waals surface area contributed by atoms with Crippen molar-refractivity contribution >= 4 is 15.2 Å². The van der Waals surface area contributed by atoms with Crippen molar-refractivity contribution in [1.29, 1.82) is 0 Å².